The molecule has 0 atom stereocenters. The Bertz CT molecular complexity index is 1050. The minimum absolute atomic E-state index is 0.155. The third-order valence-corrected chi connectivity index (χ3v) is 4.30. The summed E-state index contributed by atoms with van der Waals surface area (Å²) in [5, 5.41) is 0. The molecule has 3 nitrogen and oxygen atoms in total. The average molecular weight is 372 g/mol. The highest BCUT2D eigenvalue weighted by Crippen LogP contribution is 2.34. The first-order chi connectivity index (χ1) is 13.7. The molecule has 0 spiro atoms. The van der Waals surface area contributed by atoms with Crippen LogP contribution in [0.3, 0.4) is 0 Å². The van der Waals surface area contributed by atoms with E-state index in [4.69, 9.17) is 9.47 Å². The summed E-state index contributed by atoms with van der Waals surface area (Å²) in [7, 11) is 0. The molecule has 0 aromatic heterocycles. The number of ketones is 1. The van der Waals surface area contributed by atoms with E-state index in [2.05, 4.69) is 0 Å². The Morgan fingerprint density at radius 1 is 0.964 bits per heavy atom. The van der Waals surface area contributed by atoms with Crippen molar-refractivity contribution in [2.24, 2.45) is 0 Å². The Hall–Kier alpha value is -3.66. The molecule has 3 aromatic carbocycles. The van der Waals surface area contributed by atoms with Gasteiger partial charge < -0.3 is 9.47 Å². The smallest absolute Gasteiger partial charge is 0.231 e. The highest BCUT2D eigenvalue weighted by molar-refractivity contribution is 6.12. The fourth-order valence-electron chi connectivity index (χ4n) is 2.83. The molecule has 4 heteroatoms. The van der Waals surface area contributed by atoms with Gasteiger partial charge in [0.1, 0.15) is 23.9 Å². The van der Waals surface area contributed by atoms with Gasteiger partial charge >= 0.3 is 0 Å². The van der Waals surface area contributed by atoms with Gasteiger partial charge in [-0.15, -0.1) is 0 Å². The summed E-state index contributed by atoms with van der Waals surface area (Å²) in [5.41, 5.74) is 2.40. The van der Waals surface area contributed by atoms with Gasteiger partial charge in [-0.25, -0.2) is 4.39 Å². The Morgan fingerprint density at radius 2 is 1.75 bits per heavy atom. The Morgan fingerprint density at radius 3 is 2.54 bits per heavy atom. The molecule has 0 N–H and O–H groups in total. The zero-order valence-corrected chi connectivity index (χ0v) is 15.0. The number of Topliss-reactive ketones (excluding diaryl/α,β-unsaturated/α-hetero) is 1. The predicted molar refractivity (Wildman–Crippen MR) is 106 cm³/mol. The lowest BCUT2D eigenvalue weighted by Gasteiger charge is -2.07. The molecule has 3 aromatic rings. The van der Waals surface area contributed by atoms with Gasteiger partial charge in [0.05, 0.1) is 5.56 Å². The molecule has 0 bridgehead atoms. The summed E-state index contributed by atoms with van der Waals surface area (Å²) < 4.78 is 24.4. The van der Waals surface area contributed by atoms with Crippen molar-refractivity contribution in [3.05, 3.63) is 113 Å². The average Bonchev–Trinajstić information content (AvgIpc) is 3.03. The molecule has 0 fully saturated rings. The molecule has 0 amide bonds. The molecule has 0 aliphatic carbocycles. The van der Waals surface area contributed by atoms with E-state index in [0.29, 0.717) is 23.7 Å². The number of carbonyl (C=O) groups is 1. The van der Waals surface area contributed by atoms with Crippen LogP contribution in [0.5, 0.6) is 11.5 Å². The van der Waals surface area contributed by atoms with Crippen LogP contribution < -0.4 is 9.47 Å². The van der Waals surface area contributed by atoms with Crippen molar-refractivity contribution in [1.29, 1.82) is 0 Å². The quantitative estimate of drug-likeness (QED) is 0.549. The molecule has 0 saturated carbocycles. The molecule has 0 unspecified atom stereocenters. The molecule has 4 rings (SSSR count). The van der Waals surface area contributed by atoms with Crippen molar-refractivity contribution >= 4 is 11.9 Å². The molecule has 0 radical (unpaired) electrons. The fourth-order valence-corrected chi connectivity index (χ4v) is 2.83. The van der Waals surface area contributed by atoms with Crippen molar-refractivity contribution in [2.75, 3.05) is 0 Å². The minimum Gasteiger partial charge on any atom is -0.489 e. The van der Waals surface area contributed by atoms with E-state index in [-0.39, 0.29) is 17.4 Å². The van der Waals surface area contributed by atoms with Crippen LogP contribution in [0.15, 0.2) is 90.7 Å². The number of benzene rings is 3. The number of allylic oxidation sites excluding steroid dienone is 3. The highest BCUT2D eigenvalue weighted by atomic mass is 19.1. The topological polar surface area (TPSA) is 35.5 Å². The largest absolute Gasteiger partial charge is 0.489 e. The maximum absolute atomic E-state index is 13.0. The van der Waals surface area contributed by atoms with Gasteiger partial charge in [0.15, 0.2) is 5.76 Å². The second-order valence-corrected chi connectivity index (χ2v) is 6.31. The second-order valence-electron chi connectivity index (χ2n) is 6.31. The number of carbonyl (C=O) groups excluding carboxylic acids is 1. The van der Waals surface area contributed by atoms with E-state index in [1.807, 2.05) is 36.4 Å². The van der Waals surface area contributed by atoms with Crippen LogP contribution in [-0.2, 0) is 6.61 Å². The normalized spacial score (nSPS) is 14.3. The van der Waals surface area contributed by atoms with Crippen molar-refractivity contribution in [2.45, 2.75) is 6.61 Å². The van der Waals surface area contributed by atoms with Gasteiger partial charge in [0.2, 0.25) is 5.78 Å². The number of hydrogen-bond donors (Lipinski definition) is 0. The fraction of sp³-hybridized carbons (Fsp3) is 0.0417. The third-order valence-electron chi connectivity index (χ3n) is 4.30. The summed E-state index contributed by atoms with van der Waals surface area (Å²) in [6, 6.07) is 21.0. The summed E-state index contributed by atoms with van der Waals surface area (Å²) in [6.45, 7) is 0.301. The number of halogens is 1. The Balaban J connectivity index is 1.44. The molecular weight excluding hydrogens is 355 g/mol. The lowest BCUT2D eigenvalue weighted by Crippen LogP contribution is -1.97. The van der Waals surface area contributed by atoms with Crippen LogP contribution in [0.1, 0.15) is 21.5 Å². The maximum Gasteiger partial charge on any atom is 0.231 e. The predicted octanol–water partition coefficient (Wildman–Crippen LogP) is 5.58. The lowest BCUT2D eigenvalue weighted by atomic mass is 10.1. The minimum atomic E-state index is -0.283. The second kappa shape index (κ2) is 7.92. The van der Waals surface area contributed by atoms with Crippen LogP contribution in [-0.4, -0.2) is 5.78 Å². The number of hydrogen-bond acceptors (Lipinski definition) is 3. The van der Waals surface area contributed by atoms with Gasteiger partial charge in [-0.1, -0.05) is 54.6 Å². The molecule has 138 valence electrons. The summed E-state index contributed by atoms with van der Waals surface area (Å²) in [6.07, 6.45) is 5.36. The van der Waals surface area contributed by atoms with Gasteiger partial charge in [0.25, 0.3) is 0 Å². The molecule has 1 aliphatic rings. The van der Waals surface area contributed by atoms with Crippen molar-refractivity contribution in [3.63, 3.8) is 0 Å². The molecule has 1 aliphatic heterocycles. The van der Waals surface area contributed by atoms with E-state index in [1.165, 1.54) is 12.1 Å². The molecule has 1 heterocycles. The highest BCUT2D eigenvalue weighted by Gasteiger charge is 2.27. The monoisotopic (exact) mass is 372 g/mol. The standard InChI is InChI=1S/C24H17FO3/c25-19-11-9-18(10-12-19)16-27-20-13-14-21-23(15-20)28-22(24(21)26)8-4-7-17-5-2-1-3-6-17/h1-15H,16H2/b7-4+,22-8+. The van der Waals surface area contributed by atoms with E-state index in [1.54, 1.807) is 42.5 Å². The summed E-state index contributed by atoms with van der Waals surface area (Å²) >= 11 is 0. The summed E-state index contributed by atoms with van der Waals surface area (Å²) in [4.78, 5) is 12.5. The zero-order valence-electron chi connectivity index (χ0n) is 15.0. The molecule has 0 saturated heterocycles. The van der Waals surface area contributed by atoms with Crippen LogP contribution in [0.4, 0.5) is 4.39 Å². The number of ether oxygens (including phenoxy) is 2. The zero-order chi connectivity index (χ0) is 19.3. The van der Waals surface area contributed by atoms with Crippen LogP contribution >= 0.6 is 0 Å². The third kappa shape index (κ3) is 4.01. The van der Waals surface area contributed by atoms with Crippen LogP contribution in [0.2, 0.25) is 0 Å². The van der Waals surface area contributed by atoms with E-state index in [9.17, 15) is 9.18 Å². The molecular formula is C24H17FO3. The Kier molecular flexibility index (Phi) is 5.02. The maximum atomic E-state index is 13.0. The van der Waals surface area contributed by atoms with Gasteiger partial charge in [-0.05, 0) is 41.5 Å². The van der Waals surface area contributed by atoms with Gasteiger partial charge in [-0.3, -0.25) is 4.79 Å². The van der Waals surface area contributed by atoms with Gasteiger partial charge in [0, 0.05) is 6.07 Å². The number of rotatable bonds is 5. The van der Waals surface area contributed by atoms with Gasteiger partial charge in [-0.2, -0.15) is 0 Å². The van der Waals surface area contributed by atoms with E-state index < -0.39 is 0 Å². The first-order valence-corrected chi connectivity index (χ1v) is 8.86. The molecule has 28 heavy (non-hydrogen) atoms. The van der Waals surface area contributed by atoms with Crippen LogP contribution in [0, 0.1) is 5.82 Å². The van der Waals surface area contributed by atoms with Crippen molar-refractivity contribution in [3.8, 4) is 11.5 Å². The van der Waals surface area contributed by atoms with Crippen molar-refractivity contribution < 1.29 is 18.7 Å². The SMILES string of the molecule is O=C1/C(=C\C=C\c2ccccc2)Oc2cc(OCc3ccc(F)cc3)ccc21. The van der Waals surface area contributed by atoms with Crippen LogP contribution in [0.25, 0.3) is 6.08 Å². The first kappa shape index (κ1) is 17.7. The first-order valence-electron chi connectivity index (χ1n) is 8.86. The summed E-state index contributed by atoms with van der Waals surface area (Å²) in [5.74, 6) is 0.891. The van der Waals surface area contributed by atoms with E-state index in [0.717, 1.165) is 11.1 Å². The van der Waals surface area contributed by atoms with E-state index >= 15 is 0 Å². The Labute approximate surface area is 162 Å². The number of fused-ring (bicyclic) bond motifs is 1. The lowest BCUT2D eigenvalue weighted by molar-refractivity contribution is 0.101. The van der Waals surface area contributed by atoms with Crippen molar-refractivity contribution in [1.82, 2.24) is 0 Å².